The van der Waals surface area contributed by atoms with E-state index in [0.29, 0.717) is 11.3 Å². The lowest BCUT2D eigenvalue weighted by atomic mass is 10.1. The van der Waals surface area contributed by atoms with Gasteiger partial charge in [-0.25, -0.2) is 4.79 Å². The summed E-state index contributed by atoms with van der Waals surface area (Å²) in [5.74, 6) is 5.34. The highest BCUT2D eigenvalue weighted by Gasteiger charge is 2.14. The number of carboxylic acids is 1. The molecule has 4 nitrogen and oxygen atoms in total. The van der Waals surface area contributed by atoms with Crippen molar-refractivity contribution in [2.45, 2.75) is 0 Å². The minimum atomic E-state index is -0.969. The molecular weight excluding hydrogens is 324 g/mol. The third-order valence-corrected chi connectivity index (χ3v) is 4.36. The van der Waals surface area contributed by atoms with Crippen molar-refractivity contribution in [1.29, 1.82) is 0 Å². The molecule has 26 heavy (non-hydrogen) atoms. The zero-order valence-corrected chi connectivity index (χ0v) is 14.2. The normalized spacial score (nSPS) is 10.5. The molecule has 0 radical (unpaired) electrons. The zero-order chi connectivity index (χ0) is 18.1. The van der Waals surface area contributed by atoms with Crippen molar-refractivity contribution in [1.82, 2.24) is 9.13 Å². The Morgan fingerprint density at radius 2 is 1.77 bits per heavy atom. The molecule has 0 atom stereocenters. The number of para-hydroxylation sites is 1. The molecule has 2 aromatic heterocycles. The van der Waals surface area contributed by atoms with E-state index in [1.54, 1.807) is 16.7 Å². The van der Waals surface area contributed by atoms with E-state index in [4.69, 9.17) is 0 Å². The predicted octanol–water partition coefficient (Wildman–Crippen LogP) is 4.07. The van der Waals surface area contributed by atoms with Gasteiger partial charge in [-0.15, -0.1) is 0 Å². The molecule has 0 bridgehead atoms. The molecule has 0 aliphatic carbocycles. The number of nitrogens with zero attached hydrogens (tertiary/aromatic N) is 2. The van der Waals surface area contributed by atoms with Crippen LogP contribution in [0.5, 0.6) is 0 Å². The Bertz CT molecular complexity index is 1170. The number of aryl methyl sites for hydroxylation is 1. The van der Waals surface area contributed by atoms with Crippen molar-refractivity contribution >= 4 is 16.9 Å². The molecule has 0 spiro atoms. The van der Waals surface area contributed by atoms with Crippen LogP contribution in [0.3, 0.4) is 0 Å². The van der Waals surface area contributed by atoms with Gasteiger partial charge in [-0.2, -0.15) is 0 Å². The number of fused-ring (bicyclic) bond motifs is 1. The second kappa shape index (κ2) is 6.30. The molecule has 0 aliphatic rings. The van der Waals surface area contributed by atoms with Gasteiger partial charge < -0.3 is 14.2 Å². The summed E-state index contributed by atoms with van der Waals surface area (Å²) in [5, 5.41) is 10.7. The number of rotatable bonds is 2. The molecule has 126 valence electrons. The van der Waals surface area contributed by atoms with E-state index >= 15 is 0 Å². The molecule has 0 amide bonds. The van der Waals surface area contributed by atoms with Crippen molar-refractivity contribution in [2.24, 2.45) is 7.05 Å². The standard InChI is InChI=1S/C22H16N2O2/c1-23-14-11-18-15-16(8-10-20(18)23)7-9-17-5-4-6-19(22(25)26)21(17)24-12-2-3-13-24/h2-6,8,10-15H,1H3,(H,25,26). The number of aromatic carboxylic acids is 1. The van der Waals surface area contributed by atoms with E-state index < -0.39 is 5.97 Å². The Morgan fingerprint density at radius 3 is 2.54 bits per heavy atom. The fourth-order valence-corrected chi connectivity index (χ4v) is 3.08. The van der Waals surface area contributed by atoms with E-state index in [-0.39, 0.29) is 5.56 Å². The third kappa shape index (κ3) is 2.76. The van der Waals surface area contributed by atoms with E-state index in [0.717, 1.165) is 16.5 Å². The number of benzene rings is 2. The third-order valence-electron chi connectivity index (χ3n) is 4.36. The maximum Gasteiger partial charge on any atom is 0.337 e. The van der Waals surface area contributed by atoms with Gasteiger partial charge in [0.15, 0.2) is 0 Å². The number of carboxylic acid groups (broad SMARTS) is 1. The molecule has 4 heteroatoms. The van der Waals surface area contributed by atoms with Gasteiger partial charge in [0.25, 0.3) is 0 Å². The SMILES string of the molecule is Cn1ccc2cc(C#Cc3cccc(C(=O)O)c3-n3cccc3)ccc21. The first kappa shape index (κ1) is 15.8. The summed E-state index contributed by atoms with van der Waals surface area (Å²) in [4.78, 5) is 11.6. The summed E-state index contributed by atoms with van der Waals surface area (Å²) in [6.07, 6.45) is 5.66. The quantitative estimate of drug-likeness (QED) is 0.559. The van der Waals surface area contributed by atoms with Crippen LogP contribution in [0.25, 0.3) is 16.6 Å². The highest BCUT2D eigenvalue weighted by atomic mass is 16.4. The Labute approximate surface area is 150 Å². The minimum Gasteiger partial charge on any atom is -0.478 e. The van der Waals surface area contributed by atoms with Crippen LogP contribution < -0.4 is 0 Å². The lowest BCUT2D eigenvalue weighted by Gasteiger charge is -2.10. The van der Waals surface area contributed by atoms with Crippen LogP contribution in [0.4, 0.5) is 0 Å². The highest BCUT2D eigenvalue weighted by Crippen LogP contribution is 2.21. The van der Waals surface area contributed by atoms with Crippen molar-refractivity contribution in [2.75, 3.05) is 0 Å². The monoisotopic (exact) mass is 340 g/mol. The minimum absolute atomic E-state index is 0.228. The summed E-state index contributed by atoms with van der Waals surface area (Å²) in [6, 6.07) is 17.0. The average Bonchev–Trinajstić information content (AvgIpc) is 3.29. The zero-order valence-electron chi connectivity index (χ0n) is 14.2. The molecule has 0 saturated heterocycles. The molecule has 4 rings (SSSR count). The first-order chi connectivity index (χ1) is 12.6. The van der Waals surface area contributed by atoms with Crippen LogP contribution in [0.1, 0.15) is 21.5 Å². The van der Waals surface area contributed by atoms with E-state index in [2.05, 4.69) is 22.5 Å². The lowest BCUT2D eigenvalue weighted by Crippen LogP contribution is -2.06. The van der Waals surface area contributed by atoms with Gasteiger partial charge in [-0.3, -0.25) is 0 Å². The molecule has 0 fully saturated rings. The van der Waals surface area contributed by atoms with E-state index in [9.17, 15) is 9.90 Å². The van der Waals surface area contributed by atoms with Crippen molar-refractivity contribution < 1.29 is 9.90 Å². The fourth-order valence-electron chi connectivity index (χ4n) is 3.08. The molecule has 0 aliphatic heterocycles. The highest BCUT2D eigenvalue weighted by molar-refractivity contribution is 5.93. The predicted molar refractivity (Wildman–Crippen MR) is 102 cm³/mol. The number of carbonyl (C=O) groups is 1. The summed E-state index contributed by atoms with van der Waals surface area (Å²) >= 11 is 0. The van der Waals surface area contributed by atoms with Crippen LogP contribution >= 0.6 is 0 Å². The first-order valence-electron chi connectivity index (χ1n) is 8.20. The number of hydrogen-bond donors (Lipinski definition) is 1. The molecule has 0 unspecified atom stereocenters. The van der Waals surface area contributed by atoms with E-state index in [1.807, 2.05) is 62.0 Å². The molecular formula is C22H16N2O2. The topological polar surface area (TPSA) is 47.2 Å². The number of aromatic nitrogens is 2. The number of hydrogen-bond acceptors (Lipinski definition) is 1. The van der Waals surface area contributed by atoms with Gasteiger partial charge in [0.05, 0.1) is 11.3 Å². The second-order valence-electron chi connectivity index (χ2n) is 6.05. The first-order valence-corrected chi connectivity index (χ1v) is 8.20. The molecule has 1 N–H and O–H groups in total. The summed E-state index contributed by atoms with van der Waals surface area (Å²) in [6.45, 7) is 0. The van der Waals surface area contributed by atoms with Crippen LogP contribution in [0.2, 0.25) is 0 Å². The van der Waals surface area contributed by atoms with Gasteiger partial charge in [-0.1, -0.05) is 17.9 Å². The fraction of sp³-hybridized carbons (Fsp3) is 0.0455. The molecule has 2 aromatic carbocycles. The Balaban J connectivity index is 1.82. The van der Waals surface area contributed by atoms with Gasteiger partial charge in [0.1, 0.15) is 0 Å². The Morgan fingerprint density at radius 1 is 0.962 bits per heavy atom. The van der Waals surface area contributed by atoms with Crippen LogP contribution in [-0.4, -0.2) is 20.2 Å². The Hall–Kier alpha value is -3.71. The van der Waals surface area contributed by atoms with Crippen molar-refractivity contribution in [3.63, 3.8) is 0 Å². The van der Waals surface area contributed by atoms with Gasteiger partial charge in [0, 0.05) is 47.7 Å². The smallest absolute Gasteiger partial charge is 0.337 e. The lowest BCUT2D eigenvalue weighted by molar-refractivity contribution is 0.0697. The molecule has 0 saturated carbocycles. The molecule has 4 aromatic rings. The van der Waals surface area contributed by atoms with Crippen molar-refractivity contribution in [3.8, 4) is 17.5 Å². The summed E-state index contributed by atoms with van der Waals surface area (Å²) < 4.78 is 3.85. The maximum atomic E-state index is 11.6. The Kier molecular flexibility index (Phi) is 3.83. The van der Waals surface area contributed by atoms with Gasteiger partial charge >= 0.3 is 5.97 Å². The average molecular weight is 340 g/mol. The van der Waals surface area contributed by atoms with Crippen molar-refractivity contribution in [3.05, 3.63) is 89.9 Å². The maximum absolute atomic E-state index is 11.6. The summed E-state index contributed by atoms with van der Waals surface area (Å²) in [7, 11) is 2.01. The van der Waals surface area contributed by atoms with Gasteiger partial charge in [0.2, 0.25) is 0 Å². The van der Waals surface area contributed by atoms with Crippen LogP contribution in [0, 0.1) is 11.8 Å². The van der Waals surface area contributed by atoms with Crippen LogP contribution in [0.15, 0.2) is 73.2 Å². The molecule has 2 heterocycles. The van der Waals surface area contributed by atoms with Gasteiger partial charge in [-0.05, 0) is 48.5 Å². The largest absolute Gasteiger partial charge is 0.478 e. The second-order valence-corrected chi connectivity index (χ2v) is 6.05. The van der Waals surface area contributed by atoms with E-state index in [1.165, 1.54) is 0 Å². The van der Waals surface area contributed by atoms with Crippen LogP contribution in [-0.2, 0) is 7.05 Å². The summed E-state index contributed by atoms with van der Waals surface area (Å²) in [5.41, 5.74) is 3.53.